The summed E-state index contributed by atoms with van der Waals surface area (Å²) in [6, 6.07) is 4.92. The molecule has 1 unspecified atom stereocenters. The molecule has 3 nitrogen and oxygen atoms in total. The number of hydrogen-bond donors (Lipinski definition) is 1. The van der Waals surface area contributed by atoms with E-state index >= 15 is 0 Å². The van der Waals surface area contributed by atoms with Crippen molar-refractivity contribution in [2.75, 3.05) is 19.1 Å². The third-order valence-electron chi connectivity index (χ3n) is 2.98. The number of benzene rings is 1. The van der Waals surface area contributed by atoms with Gasteiger partial charge in [0.25, 0.3) is 0 Å². The highest BCUT2D eigenvalue weighted by atomic mass is 32.2. The van der Waals surface area contributed by atoms with E-state index in [0.717, 1.165) is 18.4 Å². The molecule has 0 saturated carbocycles. The largest absolute Gasteiger partial charge is 0.416 e. The maximum atomic E-state index is 12.6. The SMILES string of the molecule is CNC(CCS(C)(=O)=O)Cc1cccc(C(F)(F)F)c1. The third-order valence-corrected chi connectivity index (χ3v) is 3.96. The normalized spacial score (nSPS) is 14.2. The Bertz CT molecular complexity index is 541. The fourth-order valence-corrected chi connectivity index (χ4v) is 2.58. The van der Waals surface area contributed by atoms with Crippen molar-refractivity contribution in [1.82, 2.24) is 5.32 Å². The van der Waals surface area contributed by atoms with Gasteiger partial charge in [-0.1, -0.05) is 18.2 Å². The molecule has 0 amide bonds. The van der Waals surface area contributed by atoms with Gasteiger partial charge in [-0.15, -0.1) is 0 Å². The van der Waals surface area contributed by atoms with Gasteiger partial charge < -0.3 is 5.32 Å². The van der Waals surface area contributed by atoms with Crippen LogP contribution in [0.5, 0.6) is 0 Å². The highest BCUT2D eigenvalue weighted by Gasteiger charge is 2.30. The quantitative estimate of drug-likeness (QED) is 0.877. The van der Waals surface area contributed by atoms with Crippen LogP contribution >= 0.6 is 0 Å². The van der Waals surface area contributed by atoms with Crippen LogP contribution in [0.2, 0.25) is 0 Å². The minimum absolute atomic E-state index is 0.0114. The molecule has 0 radical (unpaired) electrons. The Labute approximate surface area is 117 Å². The smallest absolute Gasteiger partial charge is 0.317 e. The van der Waals surface area contributed by atoms with Crippen molar-refractivity contribution in [3.05, 3.63) is 35.4 Å². The lowest BCUT2D eigenvalue weighted by Crippen LogP contribution is -2.30. The summed E-state index contributed by atoms with van der Waals surface area (Å²) in [6.45, 7) is 0. The van der Waals surface area contributed by atoms with Gasteiger partial charge in [-0.3, -0.25) is 0 Å². The van der Waals surface area contributed by atoms with Crippen molar-refractivity contribution in [3.8, 4) is 0 Å². The van der Waals surface area contributed by atoms with Gasteiger partial charge in [-0.25, -0.2) is 8.42 Å². The number of likely N-dealkylation sites (N-methyl/N-ethyl adjacent to an activating group) is 1. The molecular weight excluding hydrogens is 291 g/mol. The van der Waals surface area contributed by atoms with Crippen LogP contribution in [0.25, 0.3) is 0 Å². The minimum Gasteiger partial charge on any atom is -0.317 e. The predicted molar refractivity (Wildman–Crippen MR) is 72.3 cm³/mol. The van der Waals surface area contributed by atoms with E-state index in [1.807, 2.05) is 0 Å². The summed E-state index contributed by atoms with van der Waals surface area (Å²) >= 11 is 0. The average molecular weight is 309 g/mol. The second-order valence-corrected chi connectivity index (χ2v) is 7.07. The molecule has 0 aliphatic heterocycles. The summed E-state index contributed by atoms with van der Waals surface area (Å²) in [6.07, 6.45) is -2.50. The van der Waals surface area contributed by atoms with Crippen LogP contribution in [-0.2, 0) is 22.4 Å². The van der Waals surface area contributed by atoms with E-state index in [-0.39, 0.29) is 11.8 Å². The molecule has 0 aliphatic carbocycles. The summed E-state index contributed by atoms with van der Waals surface area (Å²) in [4.78, 5) is 0. The Kier molecular flexibility index (Phi) is 5.59. The van der Waals surface area contributed by atoms with Crippen molar-refractivity contribution >= 4 is 9.84 Å². The average Bonchev–Trinajstić information content (AvgIpc) is 2.32. The summed E-state index contributed by atoms with van der Waals surface area (Å²) in [7, 11) is -1.41. The van der Waals surface area contributed by atoms with E-state index in [4.69, 9.17) is 0 Å². The molecule has 1 N–H and O–H groups in total. The maximum absolute atomic E-state index is 12.6. The van der Waals surface area contributed by atoms with Crippen molar-refractivity contribution in [3.63, 3.8) is 0 Å². The van der Waals surface area contributed by atoms with E-state index in [9.17, 15) is 21.6 Å². The highest BCUT2D eigenvalue weighted by molar-refractivity contribution is 7.90. The first-order valence-corrected chi connectivity index (χ1v) is 8.19. The number of alkyl halides is 3. The molecule has 0 aromatic heterocycles. The molecule has 114 valence electrons. The summed E-state index contributed by atoms with van der Waals surface area (Å²) < 4.78 is 60.0. The lowest BCUT2D eigenvalue weighted by atomic mass is 10.0. The first kappa shape index (κ1) is 17.0. The van der Waals surface area contributed by atoms with Crippen molar-refractivity contribution in [1.29, 1.82) is 0 Å². The van der Waals surface area contributed by atoms with Crippen molar-refractivity contribution < 1.29 is 21.6 Å². The van der Waals surface area contributed by atoms with Gasteiger partial charge in [0.05, 0.1) is 11.3 Å². The molecule has 0 fully saturated rings. The second-order valence-electron chi connectivity index (χ2n) is 4.81. The van der Waals surface area contributed by atoms with Gasteiger partial charge in [0.2, 0.25) is 0 Å². The molecule has 0 aliphatic rings. The molecule has 0 spiro atoms. The Morgan fingerprint density at radius 3 is 2.45 bits per heavy atom. The highest BCUT2D eigenvalue weighted by Crippen LogP contribution is 2.29. The van der Waals surface area contributed by atoms with E-state index in [1.165, 1.54) is 6.07 Å². The number of nitrogens with one attached hydrogen (secondary N) is 1. The predicted octanol–water partition coefficient (Wildman–Crippen LogP) is 2.27. The van der Waals surface area contributed by atoms with E-state index in [0.29, 0.717) is 18.4 Å². The summed E-state index contributed by atoms with van der Waals surface area (Å²) in [5, 5.41) is 2.94. The zero-order chi connectivity index (χ0) is 15.4. The Hall–Kier alpha value is -1.08. The topological polar surface area (TPSA) is 46.2 Å². The number of halogens is 3. The summed E-state index contributed by atoms with van der Waals surface area (Å²) in [5.41, 5.74) is -0.152. The molecule has 1 atom stereocenters. The lowest BCUT2D eigenvalue weighted by Gasteiger charge is -2.16. The third kappa shape index (κ3) is 5.92. The van der Waals surface area contributed by atoms with Gasteiger partial charge in [-0.2, -0.15) is 13.2 Å². The fraction of sp³-hybridized carbons (Fsp3) is 0.538. The molecule has 1 aromatic carbocycles. The number of hydrogen-bond acceptors (Lipinski definition) is 3. The first-order valence-electron chi connectivity index (χ1n) is 6.13. The Balaban J connectivity index is 2.75. The van der Waals surface area contributed by atoms with Crippen molar-refractivity contribution in [2.24, 2.45) is 0 Å². The Morgan fingerprint density at radius 2 is 1.95 bits per heavy atom. The van der Waals surface area contributed by atoms with Gasteiger partial charge >= 0.3 is 6.18 Å². The molecular formula is C13H18F3NO2S. The monoisotopic (exact) mass is 309 g/mol. The van der Waals surface area contributed by atoms with Crippen LogP contribution in [-0.4, -0.2) is 33.5 Å². The van der Waals surface area contributed by atoms with E-state index in [2.05, 4.69) is 5.32 Å². The fourth-order valence-electron chi connectivity index (χ4n) is 1.86. The lowest BCUT2D eigenvalue weighted by molar-refractivity contribution is -0.137. The molecule has 0 heterocycles. The summed E-state index contributed by atoms with van der Waals surface area (Å²) in [5.74, 6) is 0.0114. The van der Waals surface area contributed by atoms with Crippen LogP contribution in [0.3, 0.4) is 0 Å². The molecule has 1 rings (SSSR count). The number of rotatable bonds is 6. The maximum Gasteiger partial charge on any atom is 0.416 e. The van der Waals surface area contributed by atoms with Crippen LogP contribution in [0, 0.1) is 0 Å². The van der Waals surface area contributed by atoms with E-state index in [1.54, 1.807) is 13.1 Å². The van der Waals surface area contributed by atoms with Crippen LogP contribution in [0.1, 0.15) is 17.5 Å². The molecule has 20 heavy (non-hydrogen) atoms. The van der Waals surface area contributed by atoms with Gasteiger partial charge in [-0.05, 0) is 31.5 Å². The minimum atomic E-state index is -4.36. The molecule has 0 saturated heterocycles. The number of sulfone groups is 1. The van der Waals surface area contributed by atoms with Crippen molar-refractivity contribution in [2.45, 2.75) is 25.1 Å². The van der Waals surface area contributed by atoms with Crippen LogP contribution in [0.15, 0.2) is 24.3 Å². The molecule has 0 bridgehead atoms. The van der Waals surface area contributed by atoms with Gasteiger partial charge in [0.1, 0.15) is 9.84 Å². The van der Waals surface area contributed by atoms with Crippen LogP contribution in [0.4, 0.5) is 13.2 Å². The standard InChI is InChI=1S/C13H18F3NO2S/c1-17-12(6-7-20(2,18)19)9-10-4-3-5-11(8-10)13(14,15)16/h3-5,8,12,17H,6-7,9H2,1-2H3. The Morgan fingerprint density at radius 1 is 1.30 bits per heavy atom. The van der Waals surface area contributed by atoms with Gasteiger partial charge in [0.15, 0.2) is 0 Å². The molecule has 1 aromatic rings. The van der Waals surface area contributed by atoms with Gasteiger partial charge in [0, 0.05) is 12.3 Å². The molecule has 7 heteroatoms. The zero-order valence-corrected chi connectivity index (χ0v) is 12.2. The van der Waals surface area contributed by atoms with Crippen LogP contribution < -0.4 is 5.32 Å². The van der Waals surface area contributed by atoms with E-state index < -0.39 is 21.6 Å². The first-order chi connectivity index (χ1) is 9.12. The second kappa shape index (κ2) is 6.58. The zero-order valence-electron chi connectivity index (χ0n) is 11.4.